The second-order valence-electron chi connectivity index (χ2n) is 4.21. The zero-order chi connectivity index (χ0) is 12.7. The third kappa shape index (κ3) is 4.27. The molecule has 1 aromatic carbocycles. The molecule has 96 valence electrons. The second kappa shape index (κ2) is 7.17. The lowest BCUT2D eigenvalue weighted by Gasteiger charge is -2.13. The molecule has 3 nitrogen and oxygen atoms in total. The first-order chi connectivity index (χ1) is 8.21. The monoisotopic (exact) mass is 237 g/mol. The Balaban J connectivity index is 2.77. The molecule has 3 heteroatoms. The third-order valence-corrected chi connectivity index (χ3v) is 2.71. The summed E-state index contributed by atoms with van der Waals surface area (Å²) >= 11 is 0. The lowest BCUT2D eigenvalue weighted by Crippen LogP contribution is -2.21. The molecule has 1 aromatic rings. The van der Waals surface area contributed by atoms with Gasteiger partial charge in [0.25, 0.3) is 0 Å². The molecule has 0 radical (unpaired) electrons. The van der Waals surface area contributed by atoms with Crippen molar-refractivity contribution in [1.29, 1.82) is 0 Å². The highest BCUT2D eigenvalue weighted by molar-refractivity contribution is 5.43. The summed E-state index contributed by atoms with van der Waals surface area (Å²) in [6.07, 6.45) is 2.85. The Bertz CT molecular complexity index is 339. The predicted octanol–water partition coefficient (Wildman–Crippen LogP) is 2.76. The molecule has 1 unspecified atom stereocenters. The molecule has 1 rings (SSSR count). The summed E-state index contributed by atoms with van der Waals surface area (Å²) in [6, 6.07) is 6.25. The number of methoxy groups -OCH3 is 1. The van der Waals surface area contributed by atoms with Crippen molar-refractivity contribution in [2.24, 2.45) is 5.73 Å². The number of rotatable bonds is 7. The van der Waals surface area contributed by atoms with Crippen LogP contribution in [0.25, 0.3) is 0 Å². The molecule has 17 heavy (non-hydrogen) atoms. The minimum Gasteiger partial charge on any atom is -0.493 e. The minimum atomic E-state index is 0.210. The summed E-state index contributed by atoms with van der Waals surface area (Å²) < 4.78 is 10.9. The molecule has 0 fully saturated rings. The van der Waals surface area contributed by atoms with Gasteiger partial charge in [-0.3, -0.25) is 0 Å². The van der Waals surface area contributed by atoms with Crippen LogP contribution in [0.1, 0.15) is 32.3 Å². The maximum absolute atomic E-state index is 5.94. The summed E-state index contributed by atoms with van der Waals surface area (Å²) in [5, 5.41) is 0. The van der Waals surface area contributed by atoms with E-state index in [-0.39, 0.29) is 6.04 Å². The fourth-order valence-corrected chi connectivity index (χ4v) is 1.62. The standard InChI is InChI=1S/C14H23NO2/c1-4-8-17-13-7-6-11(9-12(15)5-2)10-14(13)16-3/h6-7,10,12H,4-5,8-9,15H2,1-3H3. The van der Waals surface area contributed by atoms with Gasteiger partial charge in [0, 0.05) is 6.04 Å². The van der Waals surface area contributed by atoms with E-state index >= 15 is 0 Å². The lowest BCUT2D eigenvalue weighted by atomic mass is 10.0. The second-order valence-corrected chi connectivity index (χ2v) is 4.21. The van der Waals surface area contributed by atoms with Gasteiger partial charge < -0.3 is 15.2 Å². The Kier molecular flexibility index (Phi) is 5.84. The van der Waals surface area contributed by atoms with Gasteiger partial charge in [-0.1, -0.05) is 19.9 Å². The largest absolute Gasteiger partial charge is 0.493 e. The maximum Gasteiger partial charge on any atom is 0.161 e. The summed E-state index contributed by atoms with van der Waals surface area (Å²) in [7, 11) is 1.66. The van der Waals surface area contributed by atoms with E-state index in [0.717, 1.165) is 30.8 Å². The highest BCUT2D eigenvalue weighted by Gasteiger charge is 2.07. The molecule has 0 saturated carbocycles. The van der Waals surface area contributed by atoms with Crippen LogP contribution >= 0.6 is 0 Å². The van der Waals surface area contributed by atoms with E-state index in [0.29, 0.717) is 6.61 Å². The van der Waals surface area contributed by atoms with Crippen LogP contribution in [-0.4, -0.2) is 19.8 Å². The predicted molar refractivity (Wildman–Crippen MR) is 70.8 cm³/mol. The molecule has 0 aliphatic heterocycles. The van der Waals surface area contributed by atoms with Gasteiger partial charge in [0.15, 0.2) is 11.5 Å². The van der Waals surface area contributed by atoms with E-state index in [1.807, 2.05) is 12.1 Å². The van der Waals surface area contributed by atoms with E-state index < -0.39 is 0 Å². The van der Waals surface area contributed by atoms with E-state index in [1.54, 1.807) is 7.11 Å². The Hall–Kier alpha value is -1.22. The van der Waals surface area contributed by atoms with Crippen molar-refractivity contribution in [3.63, 3.8) is 0 Å². The van der Waals surface area contributed by atoms with Crippen molar-refractivity contribution >= 4 is 0 Å². The van der Waals surface area contributed by atoms with Gasteiger partial charge in [0.1, 0.15) is 0 Å². The molecular formula is C14H23NO2. The number of ether oxygens (including phenoxy) is 2. The van der Waals surface area contributed by atoms with Gasteiger partial charge in [-0.05, 0) is 37.0 Å². The molecule has 0 aliphatic carbocycles. The molecule has 0 aromatic heterocycles. The van der Waals surface area contributed by atoms with E-state index in [1.165, 1.54) is 5.56 Å². The summed E-state index contributed by atoms with van der Waals surface area (Å²) in [4.78, 5) is 0. The fraction of sp³-hybridized carbons (Fsp3) is 0.571. The zero-order valence-electron chi connectivity index (χ0n) is 11.0. The van der Waals surface area contributed by atoms with Crippen LogP contribution in [0.4, 0.5) is 0 Å². The van der Waals surface area contributed by atoms with Gasteiger partial charge in [-0.25, -0.2) is 0 Å². The van der Waals surface area contributed by atoms with Crippen molar-refractivity contribution in [2.45, 2.75) is 39.2 Å². The van der Waals surface area contributed by atoms with Crippen LogP contribution in [0.3, 0.4) is 0 Å². The number of benzene rings is 1. The topological polar surface area (TPSA) is 44.5 Å². The van der Waals surface area contributed by atoms with Crippen LogP contribution in [0.2, 0.25) is 0 Å². The Morgan fingerprint density at radius 3 is 2.59 bits per heavy atom. The number of hydrogen-bond donors (Lipinski definition) is 1. The quantitative estimate of drug-likeness (QED) is 0.793. The Labute approximate surface area is 104 Å². The van der Waals surface area contributed by atoms with Crippen LogP contribution < -0.4 is 15.2 Å². The molecule has 0 bridgehead atoms. The fourth-order valence-electron chi connectivity index (χ4n) is 1.62. The highest BCUT2D eigenvalue weighted by Crippen LogP contribution is 2.28. The summed E-state index contributed by atoms with van der Waals surface area (Å²) in [5.41, 5.74) is 7.14. The maximum atomic E-state index is 5.94. The smallest absolute Gasteiger partial charge is 0.161 e. The van der Waals surface area contributed by atoms with Crippen molar-refractivity contribution in [2.75, 3.05) is 13.7 Å². The first-order valence-corrected chi connectivity index (χ1v) is 6.26. The normalized spacial score (nSPS) is 12.2. The lowest BCUT2D eigenvalue weighted by molar-refractivity contribution is 0.294. The number of nitrogens with two attached hydrogens (primary N) is 1. The van der Waals surface area contributed by atoms with Crippen molar-refractivity contribution in [3.8, 4) is 11.5 Å². The van der Waals surface area contributed by atoms with Gasteiger partial charge in [0.05, 0.1) is 13.7 Å². The van der Waals surface area contributed by atoms with Crippen LogP contribution in [0, 0.1) is 0 Å². The highest BCUT2D eigenvalue weighted by atomic mass is 16.5. The van der Waals surface area contributed by atoms with E-state index in [9.17, 15) is 0 Å². The van der Waals surface area contributed by atoms with E-state index in [2.05, 4.69) is 19.9 Å². The Morgan fingerprint density at radius 1 is 1.24 bits per heavy atom. The van der Waals surface area contributed by atoms with Crippen LogP contribution in [0.5, 0.6) is 11.5 Å². The minimum absolute atomic E-state index is 0.210. The van der Waals surface area contributed by atoms with Crippen LogP contribution in [-0.2, 0) is 6.42 Å². The average molecular weight is 237 g/mol. The molecule has 0 aliphatic rings. The third-order valence-electron chi connectivity index (χ3n) is 2.71. The molecule has 0 amide bonds. The first kappa shape index (κ1) is 13.8. The molecule has 1 atom stereocenters. The SMILES string of the molecule is CCCOc1ccc(CC(N)CC)cc1OC. The molecule has 2 N–H and O–H groups in total. The molecule has 0 heterocycles. The van der Waals surface area contributed by atoms with E-state index in [4.69, 9.17) is 15.2 Å². The van der Waals surface area contributed by atoms with Gasteiger partial charge in [0.2, 0.25) is 0 Å². The summed E-state index contributed by atoms with van der Waals surface area (Å²) in [6.45, 7) is 4.89. The molecular weight excluding hydrogens is 214 g/mol. The van der Waals surface area contributed by atoms with Crippen molar-refractivity contribution < 1.29 is 9.47 Å². The van der Waals surface area contributed by atoms with Gasteiger partial charge in [-0.15, -0.1) is 0 Å². The Morgan fingerprint density at radius 2 is 2.00 bits per heavy atom. The molecule has 0 saturated heterocycles. The zero-order valence-corrected chi connectivity index (χ0v) is 11.0. The first-order valence-electron chi connectivity index (χ1n) is 6.26. The summed E-state index contributed by atoms with van der Waals surface area (Å²) in [5.74, 6) is 1.60. The number of hydrogen-bond acceptors (Lipinski definition) is 3. The molecule has 0 spiro atoms. The van der Waals surface area contributed by atoms with Crippen LogP contribution in [0.15, 0.2) is 18.2 Å². The van der Waals surface area contributed by atoms with Gasteiger partial charge >= 0.3 is 0 Å². The van der Waals surface area contributed by atoms with Crippen molar-refractivity contribution in [3.05, 3.63) is 23.8 Å². The average Bonchev–Trinajstić information content (AvgIpc) is 2.36. The van der Waals surface area contributed by atoms with Gasteiger partial charge in [-0.2, -0.15) is 0 Å². The van der Waals surface area contributed by atoms with Crippen molar-refractivity contribution in [1.82, 2.24) is 0 Å².